The standard InChI is InChI=1S/C19H22O2Se/c1-14(2)13-16-9-11-17(12-10-16)15(3)19(20)21-22-18-7-5-4-6-8-18/h4-12,14-15H,13H2,1-3H3/t15-/m0/s1. The van der Waals surface area contributed by atoms with Gasteiger partial charge in [0, 0.05) is 0 Å². The molecular weight excluding hydrogens is 339 g/mol. The fraction of sp³-hybridized carbons (Fsp3) is 0.316. The number of carbonyl (C=O) groups is 1. The second-order valence-electron chi connectivity index (χ2n) is 5.86. The van der Waals surface area contributed by atoms with Gasteiger partial charge in [-0.3, -0.25) is 0 Å². The Hall–Kier alpha value is -1.57. The van der Waals surface area contributed by atoms with Crippen LogP contribution in [0.3, 0.4) is 0 Å². The van der Waals surface area contributed by atoms with E-state index in [0.29, 0.717) is 5.92 Å². The first-order valence-electron chi connectivity index (χ1n) is 7.58. The van der Waals surface area contributed by atoms with Crippen LogP contribution in [-0.2, 0) is 15.0 Å². The Labute approximate surface area is 139 Å². The Morgan fingerprint density at radius 2 is 1.64 bits per heavy atom. The van der Waals surface area contributed by atoms with Crippen molar-refractivity contribution in [2.75, 3.05) is 0 Å². The number of benzene rings is 2. The molecule has 0 amide bonds. The summed E-state index contributed by atoms with van der Waals surface area (Å²) in [7, 11) is 0. The van der Waals surface area contributed by atoms with Crippen LogP contribution in [0, 0.1) is 5.92 Å². The van der Waals surface area contributed by atoms with E-state index in [-0.39, 0.29) is 27.2 Å². The van der Waals surface area contributed by atoms with Crippen molar-refractivity contribution >= 4 is 25.7 Å². The second-order valence-corrected chi connectivity index (χ2v) is 7.55. The van der Waals surface area contributed by atoms with E-state index < -0.39 is 0 Å². The van der Waals surface area contributed by atoms with Crippen LogP contribution >= 0.6 is 0 Å². The minimum atomic E-state index is -0.260. The van der Waals surface area contributed by atoms with Gasteiger partial charge in [-0.05, 0) is 0 Å². The normalized spacial score (nSPS) is 12.2. The number of hydrogen-bond acceptors (Lipinski definition) is 2. The summed E-state index contributed by atoms with van der Waals surface area (Å²) >= 11 is -0.260. The third-order valence-corrected chi connectivity index (χ3v) is 4.93. The van der Waals surface area contributed by atoms with Crippen molar-refractivity contribution in [3.05, 3.63) is 65.7 Å². The molecule has 0 radical (unpaired) electrons. The quantitative estimate of drug-likeness (QED) is 0.737. The van der Waals surface area contributed by atoms with Gasteiger partial charge in [-0.25, -0.2) is 0 Å². The monoisotopic (exact) mass is 362 g/mol. The summed E-state index contributed by atoms with van der Waals surface area (Å²) in [6.07, 6.45) is 1.07. The summed E-state index contributed by atoms with van der Waals surface area (Å²) in [5.74, 6) is 0.265. The van der Waals surface area contributed by atoms with E-state index in [0.717, 1.165) is 16.4 Å². The SMILES string of the molecule is CC(C)Cc1ccc([C@H](C)C(=O)O[Se]c2ccccc2)cc1. The minimum absolute atomic E-state index is 0.152. The Balaban J connectivity index is 1.92. The van der Waals surface area contributed by atoms with Crippen LogP contribution in [-0.4, -0.2) is 21.3 Å². The summed E-state index contributed by atoms with van der Waals surface area (Å²) in [5.41, 5.74) is 2.33. The van der Waals surface area contributed by atoms with Gasteiger partial charge in [0.15, 0.2) is 0 Å². The van der Waals surface area contributed by atoms with Crippen molar-refractivity contribution in [3.8, 4) is 0 Å². The Bertz CT molecular complexity index is 591. The van der Waals surface area contributed by atoms with Gasteiger partial charge in [0.2, 0.25) is 0 Å². The maximum absolute atomic E-state index is 12.2. The van der Waals surface area contributed by atoms with Crippen molar-refractivity contribution in [3.63, 3.8) is 0 Å². The average molecular weight is 361 g/mol. The van der Waals surface area contributed by atoms with Gasteiger partial charge >= 0.3 is 139 Å². The predicted octanol–water partition coefficient (Wildman–Crippen LogP) is 3.48. The van der Waals surface area contributed by atoms with Crippen molar-refractivity contribution < 1.29 is 8.61 Å². The molecule has 0 N–H and O–H groups in total. The molecule has 0 bridgehead atoms. The molecular formula is C19H22O2Se. The zero-order valence-electron chi connectivity index (χ0n) is 13.3. The molecule has 0 saturated carbocycles. The third-order valence-electron chi connectivity index (χ3n) is 3.44. The molecule has 0 aliphatic heterocycles. The molecule has 2 nitrogen and oxygen atoms in total. The number of rotatable bonds is 6. The fourth-order valence-corrected chi connectivity index (χ4v) is 3.43. The first-order valence-corrected chi connectivity index (χ1v) is 9.14. The zero-order valence-corrected chi connectivity index (χ0v) is 15.0. The maximum atomic E-state index is 12.2. The molecule has 2 aromatic carbocycles. The van der Waals surface area contributed by atoms with E-state index >= 15 is 0 Å². The van der Waals surface area contributed by atoms with E-state index in [1.54, 1.807) is 0 Å². The van der Waals surface area contributed by atoms with Crippen LogP contribution in [0.2, 0.25) is 0 Å². The summed E-state index contributed by atoms with van der Waals surface area (Å²) in [6.45, 7) is 6.32. The Morgan fingerprint density at radius 3 is 2.23 bits per heavy atom. The molecule has 0 heterocycles. The van der Waals surface area contributed by atoms with E-state index in [1.807, 2.05) is 49.4 Å². The van der Waals surface area contributed by atoms with Crippen molar-refractivity contribution in [1.82, 2.24) is 0 Å². The summed E-state index contributed by atoms with van der Waals surface area (Å²) in [4.78, 5) is 12.2. The van der Waals surface area contributed by atoms with Crippen molar-refractivity contribution in [2.45, 2.75) is 33.1 Å². The summed E-state index contributed by atoms with van der Waals surface area (Å²) in [6, 6.07) is 18.2. The van der Waals surface area contributed by atoms with Gasteiger partial charge < -0.3 is 0 Å². The topological polar surface area (TPSA) is 26.3 Å². The van der Waals surface area contributed by atoms with Crippen LogP contribution < -0.4 is 4.46 Å². The number of carbonyl (C=O) groups excluding carboxylic acids is 1. The van der Waals surface area contributed by atoms with Crippen LogP contribution in [0.5, 0.6) is 0 Å². The molecule has 0 saturated heterocycles. The molecule has 3 heteroatoms. The zero-order chi connectivity index (χ0) is 15.9. The van der Waals surface area contributed by atoms with Gasteiger partial charge in [-0.15, -0.1) is 0 Å². The molecule has 22 heavy (non-hydrogen) atoms. The Kier molecular flexibility index (Phi) is 6.23. The Morgan fingerprint density at radius 1 is 1.00 bits per heavy atom. The number of hydrogen-bond donors (Lipinski definition) is 0. The summed E-state index contributed by atoms with van der Waals surface area (Å²) in [5, 5.41) is 0. The fourth-order valence-electron chi connectivity index (χ4n) is 2.19. The molecule has 2 rings (SSSR count). The molecule has 0 fully saturated rings. The molecule has 0 aromatic heterocycles. The predicted molar refractivity (Wildman–Crippen MR) is 91.3 cm³/mol. The van der Waals surface area contributed by atoms with Gasteiger partial charge in [-0.1, -0.05) is 0 Å². The van der Waals surface area contributed by atoms with Gasteiger partial charge in [-0.2, -0.15) is 0 Å². The molecule has 116 valence electrons. The molecule has 0 spiro atoms. The molecule has 0 aliphatic carbocycles. The van der Waals surface area contributed by atoms with Crippen LogP contribution in [0.4, 0.5) is 0 Å². The molecule has 0 aliphatic rings. The van der Waals surface area contributed by atoms with Crippen LogP contribution in [0.15, 0.2) is 54.6 Å². The molecule has 0 unspecified atom stereocenters. The summed E-state index contributed by atoms with van der Waals surface area (Å²) < 4.78 is 6.53. The molecule has 1 atom stereocenters. The van der Waals surface area contributed by atoms with Crippen molar-refractivity contribution in [2.24, 2.45) is 5.92 Å². The van der Waals surface area contributed by atoms with Gasteiger partial charge in [0.25, 0.3) is 0 Å². The van der Waals surface area contributed by atoms with Crippen LogP contribution in [0.1, 0.15) is 37.8 Å². The van der Waals surface area contributed by atoms with Gasteiger partial charge in [0.1, 0.15) is 0 Å². The average Bonchev–Trinajstić information content (AvgIpc) is 2.53. The van der Waals surface area contributed by atoms with E-state index in [9.17, 15) is 4.79 Å². The van der Waals surface area contributed by atoms with E-state index in [1.165, 1.54) is 5.56 Å². The second kappa shape index (κ2) is 8.16. The first kappa shape index (κ1) is 16.8. The van der Waals surface area contributed by atoms with E-state index in [2.05, 4.69) is 26.0 Å². The third kappa shape index (κ3) is 5.01. The van der Waals surface area contributed by atoms with Crippen LogP contribution in [0.25, 0.3) is 0 Å². The first-order chi connectivity index (χ1) is 10.6. The van der Waals surface area contributed by atoms with E-state index in [4.69, 9.17) is 3.82 Å². The van der Waals surface area contributed by atoms with Gasteiger partial charge in [0.05, 0.1) is 0 Å². The van der Waals surface area contributed by atoms with Crippen molar-refractivity contribution in [1.29, 1.82) is 0 Å². The molecule has 2 aromatic rings.